The monoisotopic (exact) mass is 256 g/mol. The zero-order valence-corrected chi connectivity index (χ0v) is 10.2. The van der Waals surface area contributed by atoms with E-state index < -0.39 is 0 Å². The molecule has 0 spiro atoms. The van der Waals surface area contributed by atoms with Crippen molar-refractivity contribution in [1.82, 2.24) is 9.78 Å². The van der Waals surface area contributed by atoms with E-state index in [2.05, 4.69) is 5.10 Å². The minimum Gasteiger partial charge on any atom is -0.472 e. The Morgan fingerprint density at radius 1 is 1.25 bits per heavy atom. The van der Waals surface area contributed by atoms with Crippen molar-refractivity contribution in [2.75, 3.05) is 0 Å². The lowest BCUT2D eigenvalue weighted by atomic mass is 10.2. The van der Waals surface area contributed by atoms with Gasteiger partial charge in [0, 0.05) is 34.9 Å². The van der Waals surface area contributed by atoms with Crippen LogP contribution in [-0.2, 0) is 13.7 Å². The molecular formula is C11H10Cl2N2O. The summed E-state index contributed by atoms with van der Waals surface area (Å²) in [4.78, 5) is 0. The third-order valence-corrected chi connectivity index (χ3v) is 2.82. The second kappa shape index (κ2) is 4.76. The van der Waals surface area contributed by atoms with Crippen LogP contribution in [0.3, 0.4) is 0 Å². The van der Waals surface area contributed by atoms with Crippen LogP contribution in [0.25, 0.3) is 0 Å². The first-order chi connectivity index (χ1) is 7.66. The number of aryl methyl sites for hydroxylation is 1. The standard InChI is InChI=1S/C11H10Cl2N2O/c1-15-6-5-11(14-15)16-7-8-9(12)3-2-4-10(8)13/h2-6H,7H2,1H3. The van der Waals surface area contributed by atoms with Gasteiger partial charge in [-0.25, -0.2) is 0 Å². The molecule has 5 heteroatoms. The molecule has 3 nitrogen and oxygen atoms in total. The quantitative estimate of drug-likeness (QED) is 0.843. The third-order valence-electron chi connectivity index (χ3n) is 2.12. The van der Waals surface area contributed by atoms with Crippen LogP contribution in [0.2, 0.25) is 10.0 Å². The van der Waals surface area contributed by atoms with E-state index in [0.29, 0.717) is 22.5 Å². The number of nitrogens with zero attached hydrogens (tertiary/aromatic N) is 2. The first-order valence-electron chi connectivity index (χ1n) is 4.72. The van der Waals surface area contributed by atoms with Gasteiger partial charge in [-0.2, -0.15) is 0 Å². The van der Waals surface area contributed by atoms with Gasteiger partial charge >= 0.3 is 0 Å². The molecule has 2 aromatic rings. The van der Waals surface area contributed by atoms with Crippen LogP contribution >= 0.6 is 23.2 Å². The lowest BCUT2D eigenvalue weighted by Gasteiger charge is -2.06. The summed E-state index contributed by atoms with van der Waals surface area (Å²) in [5, 5.41) is 5.29. The van der Waals surface area contributed by atoms with Gasteiger partial charge in [0.25, 0.3) is 0 Å². The summed E-state index contributed by atoms with van der Waals surface area (Å²) >= 11 is 12.0. The predicted octanol–water partition coefficient (Wildman–Crippen LogP) is 3.31. The molecular weight excluding hydrogens is 247 g/mol. The number of benzene rings is 1. The highest BCUT2D eigenvalue weighted by Gasteiger charge is 2.06. The molecule has 0 aliphatic rings. The molecule has 0 bridgehead atoms. The van der Waals surface area contributed by atoms with E-state index in [1.54, 1.807) is 28.9 Å². The van der Waals surface area contributed by atoms with Crippen LogP contribution < -0.4 is 4.74 Å². The normalized spacial score (nSPS) is 10.4. The molecule has 2 rings (SSSR count). The van der Waals surface area contributed by atoms with E-state index in [-0.39, 0.29) is 0 Å². The molecule has 0 radical (unpaired) electrons. The van der Waals surface area contributed by atoms with Crippen molar-refractivity contribution in [2.45, 2.75) is 6.61 Å². The number of halogens is 2. The average molecular weight is 257 g/mol. The zero-order valence-electron chi connectivity index (χ0n) is 8.65. The van der Waals surface area contributed by atoms with Crippen molar-refractivity contribution in [1.29, 1.82) is 0 Å². The zero-order chi connectivity index (χ0) is 11.5. The van der Waals surface area contributed by atoms with Crippen LogP contribution in [0, 0.1) is 0 Å². The highest BCUT2D eigenvalue weighted by atomic mass is 35.5. The van der Waals surface area contributed by atoms with Crippen molar-refractivity contribution in [3.8, 4) is 5.88 Å². The van der Waals surface area contributed by atoms with Gasteiger partial charge in [-0.05, 0) is 12.1 Å². The van der Waals surface area contributed by atoms with Gasteiger partial charge in [0.1, 0.15) is 6.61 Å². The molecule has 0 amide bonds. The van der Waals surface area contributed by atoms with Crippen molar-refractivity contribution < 1.29 is 4.74 Å². The molecule has 0 atom stereocenters. The smallest absolute Gasteiger partial charge is 0.233 e. The molecule has 1 aromatic heterocycles. The van der Waals surface area contributed by atoms with Gasteiger partial charge in [-0.15, -0.1) is 5.10 Å². The first-order valence-corrected chi connectivity index (χ1v) is 5.48. The van der Waals surface area contributed by atoms with Gasteiger partial charge in [-0.3, -0.25) is 4.68 Å². The van der Waals surface area contributed by atoms with Gasteiger partial charge in [-0.1, -0.05) is 29.3 Å². The maximum Gasteiger partial charge on any atom is 0.233 e. The molecule has 1 aromatic carbocycles. The summed E-state index contributed by atoms with van der Waals surface area (Å²) in [6.07, 6.45) is 1.81. The summed E-state index contributed by atoms with van der Waals surface area (Å²) in [7, 11) is 1.83. The Balaban J connectivity index is 2.10. The van der Waals surface area contributed by atoms with Crippen molar-refractivity contribution >= 4 is 23.2 Å². The molecule has 16 heavy (non-hydrogen) atoms. The van der Waals surface area contributed by atoms with Crippen LogP contribution in [0.1, 0.15) is 5.56 Å². The lowest BCUT2D eigenvalue weighted by molar-refractivity contribution is 0.291. The molecule has 0 fully saturated rings. The van der Waals surface area contributed by atoms with Gasteiger partial charge in [0.15, 0.2) is 0 Å². The molecule has 0 aliphatic heterocycles. The average Bonchev–Trinajstić information content (AvgIpc) is 2.63. The number of rotatable bonds is 3. The Morgan fingerprint density at radius 2 is 1.94 bits per heavy atom. The largest absolute Gasteiger partial charge is 0.472 e. The van der Waals surface area contributed by atoms with Crippen LogP contribution in [-0.4, -0.2) is 9.78 Å². The van der Waals surface area contributed by atoms with E-state index in [1.165, 1.54) is 0 Å². The Morgan fingerprint density at radius 3 is 2.50 bits per heavy atom. The summed E-state index contributed by atoms with van der Waals surface area (Å²) in [6, 6.07) is 7.15. The van der Waals surface area contributed by atoms with Crippen molar-refractivity contribution in [3.05, 3.63) is 46.1 Å². The Labute approximate surface area is 104 Å². The SMILES string of the molecule is Cn1ccc(OCc2c(Cl)cccc2Cl)n1. The topological polar surface area (TPSA) is 27.1 Å². The van der Waals surface area contributed by atoms with E-state index in [9.17, 15) is 0 Å². The van der Waals surface area contributed by atoms with Crippen LogP contribution in [0.5, 0.6) is 5.88 Å². The highest BCUT2D eigenvalue weighted by molar-refractivity contribution is 6.35. The van der Waals surface area contributed by atoms with E-state index in [1.807, 2.05) is 13.2 Å². The molecule has 0 aliphatic carbocycles. The molecule has 1 heterocycles. The molecule has 0 saturated heterocycles. The molecule has 0 saturated carbocycles. The summed E-state index contributed by atoms with van der Waals surface area (Å²) in [5.74, 6) is 0.554. The molecule has 0 unspecified atom stereocenters. The van der Waals surface area contributed by atoms with Crippen LogP contribution in [0.4, 0.5) is 0 Å². The van der Waals surface area contributed by atoms with Crippen LogP contribution in [0.15, 0.2) is 30.5 Å². The van der Waals surface area contributed by atoms with Crippen molar-refractivity contribution in [3.63, 3.8) is 0 Å². The highest BCUT2D eigenvalue weighted by Crippen LogP contribution is 2.25. The number of hydrogen-bond donors (Lipinski definition) is 0. The molecule has 84 valence electrons. The van der Waals surface area contributed by atoms with Crippen molar-refractivity contribution in [2.24, 2.45) is 7.05 Å². The van der Waals surface area contributed by atoms with Gasteiger partial charge in [0.2, 0.25) is 5.88 Å². The summed E-state index contributed by atoms with van der Waals surface area (Å²) in [5.41, 5.74) is 0.775. The number of aromatic nitrogens is 2. The Bertz CT molecular complexity index is 476. The summed E-state index contributed by atoms with van der Waals surface area (Å²) in [6.45, 7) is 0.315. The summed E-state index contributed by atoms with van der Waals surface area (Å²) < 4.78 is 7.14. The number of hydrogen-bond acceptors (Lipinski definition) is 2. The van der Waals surface area contributed by atoms with E-state index in [4.69, 9.17) is 27.9 Å². The fraction of sp³-hybridized carbons (Fsp3) is 0.182. The minimum atomic E-state index is 0.315. The fourth-order valence-corrected chi connectivity index (χ4v) is 1.79. The lowest BCUT2D eigenvalue weighted by Crippen LogP contribution is -1.98. The Hall–Kier alpha value is -1.19. The minimum absolute atomic E-state index is 0.315. The maximum atomic E-state index is 6.01. The Kier molecular flexibility index (Phi) is 3.36. The first kappa shape index (κ1) is 11.3. The van der Waals surface area contributed by atoms with E-state index >= 15 is 0 Å². The van der Waals surface area contributed by atoms with Gasteiger partial charge in [0.05, 0.1) is 0 Å². The third kappa shape index (κ3) is 2.49. The van der Waals surface area contributed by atoms with E-state index in [0.717, 1.165) is 5.56 Å². The second-order valence-electron chi connectivity index (χ2n) is 3.32. The molecule has 0 N–H and O–H groups in total. The second-order valence-corrected chi connectivity index (χ2v) is 4.13. The van der Waals surface area contributed by atoms with Gasteiger partial charge < -0.3 is 4.74 Å². The predicted molar refractivity (Wildman–Crippen MR) is 64.0 cm³/mol. The number of ether oxygens (including phenoxy) is 1. The fourth-order valence-electron chi connectivity index (χ4n) is 1.29. The maximum absolute atomic E-state index is 6.01.